The van der Waals surface area contributed by atoms with Crippen LogP contribution in [0.5, 0.6) is 5.75 Å². The quantitative estimate of drug-likeness (QED) is 0.425. The van der Waals surface area contributed by atoms with Gasteiger partial charge in [0.05, 0.1) is 6.20 Å². The predicted octanol–water partition coefficient (Wildman–Crippen LogP) is 2.76. The zero-order valence-electron chi connectivity index (χ0n) is 13.7. The maximum absolute atomic E-state index is 12.6. The average Bonchev–Trinajstić information content (AvgIpc) is 3.17. The summed E-state index contributed by atoms with van der Waals surface area (Å²) in [4.78, 5) is 10.5. The zero-order chi connectivity index (χ0) is 19.4. The van der Waals surface area contributed by atoms with Gasteiger partial charge in [-0.25, -0.2) is 15.0 Å². The van der Waals surface area contributed by atoms with E-state index in [0.717, 1.165) is 5.65 Å². The van der Waals surface area contributed by atoms with Crippen molar-refractivity contribution in [2.75, 3.05) is 0 Å². The van der Waals surface area contributed by atoms with Gasteiger partial charge in [0.25, 0.3) is 0 Å². The normalized spacial score (nSPS) is 12.7. The number of aryl methyl sites for hydroxylation is 1. The number of hydrogen-bond donors (Lipinski definition) is 1. The first-order valence-corrected chi connectivity index (χ1v) is 9.02. The maximum Gasteiger partial charge on any atom is 0.534 e. The summed E-state index contributed by atoms with van der Waals surface area (Å²) in [5.41, 5.74) is -2.27. The summed E-state index contributed by atoms with van der Waals surface area (Å²) in [7, 11) is -3.98. The van der Waals surface area contributed by atoms with E-state index in [2.05, 4.69) is 19.1 Å². The van der Waals surface area contributed by atoms with Crippen molar-refractivity contribution < 1.29 is 30.8 Å². The number of nitrogens with zero attached hydrogens (tertiary/aromatic N) is 2. The number of aromatic nitrogens is 4. The van der Waals surface area contributed by atoms with Crippen LogP contribution in [-0.4, -0.2) is 28.5 Å². The van der Waals surface area contributed by atoms with Crippen LogP contribution in [0.2, 0.25) is 0 Å². The fraction of sp³-hybridized carbons (Fsp3) is 0.125. The number of rotatable bonds is 3. The third-order valence-electron chi connectivity index (χ3n) is 4.05. The lowest BCUT2D eigenvalue weighted by molar-refractivity contribution is -0.347. The largest absolute Gasteiger partial charge is 0.534 e. The molecule has 11 heteroatoms. The van der Waals surface area contributed by atoms with Gasteiger partial charge in [0.2, 0.25) is 0 Å². The first-order chi connectivity index (χ1) is 12.7. The van der Waals surface area contributed by atoms with Gasteiger partial charge in [0.15, 0.2) is 5.52 Å². The highest BCUT2D eigenvalue weighted by Crippen LogP contribution is 2.33. The number of hydrogen-bond acceptors (Lipinski definition) is 4. The molecule has 0 amide bonds. The minimum absolute atomic E-state index is 0.432. The van der Waals surface area contributed by atoms with Crippen LogP contribution in [0.15, 0.2) is 42.9 Å². The molecule has 27 heavy (non-hydrogen) atoms. The van der Waals surface area contributed by atoms with Gasteiger partial charge in [0, 0.05) is 35.8 Å². The highest BCUT2D eigenvalue weighted by Gasteiger charge is 2.48. The van der Waals surface area contributed by atoms with Crippen molar-refractivity contribution in [3.8, 4) is 17.0 Å². The molecule has 0 spiro atoms. The van der Waals surface area contributed by atoms with E-state index >= 15 is 0 Å². The number of aromatic amines is 2. The molecule has 0 saturated heterocycles. The molecule has 0 fully saturated rings. The minimum Gasteiger partial charge on any atom is -0.376 e. The fourth-order valence-electron chi connectivity index (χ4n) is 2.81. The molecule has 0 radical (unpaired) electrons. The molecule has 0 unspecified atom stereocenters. The van der Waals surface area contributed by atoms with Crippen LogP contribution in [0.4, 0.5) is 13.2 Å². The molecular weight excluding hydrogens is 385 g/mol. The van der Waals surface area contributed by atoms with Crippen LogP contribution in [0.25, 0.3) is 33.3 Å². The van der Waals surface area contributed by atoms with E-state index in [9.17, 15) is 21.6 Å². The summed E-state index contributed by atoms with van der Waals surface area (Å²) in [5, 5.41) is 0.503. The smallest absolute Gasteiger partial charge is 0.376 e. The van der Waals surface area contributed by atoms with Crippen LogP contribution in [0.1, 0.15) is 0 Å². The monoisotopic (exact) mass is 397 g/mol. The van der Waals surface area contributed by atoms with Crippen molar-refractivity contribution in [3.05, 3.63) is 42.9 Å². The molecule has 2 N–H and O–H groups in total. The van der Waals surface area contributed by atoms with E-state index in [0.29, 0.717) is 27.7 Å². The zero-order valence-corrected chi connectivity index (χ0v) is 14.5. The Morgan fingerprint density at radius 3 is 2.78 bits per heavy atom. The van der Waals surface area contributed by atoms with E-state index in [1.165, 1.54) is 18.2 Å². The van der Waals surface area contributed by atoms with E-state index in [-0.39, 0.29) is 0 Å². The van der Waals surface area contributed by atoms with Crippen molar-refractivity contribution in [2.45, 2.75) is 5.51 Å². The van der Waals surface area contributed by atoms with Gasteiger partial charge in [0.1, 0.15) is 17.6 Å². The van der Waals surface area contributed by atoms with E-state index in [1.54, 1.807) is 36.3 Å². The van der Waals surface area contributed by atoms with Gasteiger partial charge in [-0.3, -0.25) is 0 Å². The standard InChI is InChI=1S/C16H11F3N4O3S/c1-23-8-11(13-7-21-15-12(22-13)4-5-20-15)10-6-9(2-3-14(10)23)26-27(24,25)16(17,18)19/h2-8H,1H3,(H,20,21)/p+1. The highest BCUT2D eigenvalue weighted by molar-refractivity contribution is 7.88. The summed E-state index contributed by atoms with van der Waals surface area (Å²) in [6.45, 7) is 0. The molecule has 0 saturated carbocycles. The molecule has 0 atom stereocenters. The Kier molecular flexibility index (Phi) is 3.67. The Morgan fingerprint density at radius 1 is 1.26 bits per heavy atom. The number of alkyl halides is 3. The van der Waals surface area contributed by atoms with Crippen molar-refractivity contribution in [1.29, 1.82) is 0 Å². The fourth-order valence-corrected chi connectivity index (χ4v) is 3.26. The molecule has 1 aromatic carbocycles. The first kappa shape index (κ1) is 17.3. The number of H-pyrrole nitrogens is 2. The second-order valence-corrected chi connectivity index (χ2v) is 7.38. The molecular formula is C16H12F3N4O3S+. The third kappa shape index (κ3) is 2.89. The lowest BCUT2D eigenvalue weighted by atomic mass is 10.1. The maximum atomic E-state index is 12.6. The molecule has 3 heterocycles. The van der Waals surface area contributed by atoms with Crippen LogP contribution in [-0.2, 0) is 17.2 Å². The Bertz CT molecular complexity index is 1280. The summed E-state index contributed by atoms with van der Waals surface area (Å²) in [5.74, 6) is -0.432. The van der Waals surface area contributed by atoms with Crippen LogP contribution in [0.3, 0.4) is 0 Å². The molecule has 140 valence electrons. The van der Waals surface area contributed by atoms with Gasteiger partial charge in [-0.2, -0.15) is 21.6 Å². The van der Waals surface area contributed by atoms with Crippen LogP contribution < -0.4 is 9.17 Å². The Balaban J connectivity index is 1.84. The molecule has 4 rings (SSSR count). The second kappa shape index (κ2) is 5.71. The molecule has 0 aliphatic heterocycles. The number of benzene rings is 1. The Morgan fingerprint density at radius 2 is 2.04 bits per heavy atom. The molecule has 7 nitrogen and oxygen atoms in total. The number of fused-ring (bicyclic) bond motifs is 2. The highest BCUT2D eigenvalue weighted by atomic mass is 32.2. The molecule has 0 aliphatic carbocycles. The number of nitrogens with one attached hydrogen (secondary N) is 2. The Hall–Kier alpha value is -3.08. The van der Waals surface area contributed by atoms with Gasteiger partial charge >= 0.3 is 21.3 Å². The average molecular weight is 397 g/mol. The minimum atomic E-state index is -5.74. The Labute approximate surface area is 150 Å². The summed E-state index contributed by atoms with van der Waals surface area (Å²) < 4.78 is 66.2. The van der Waals surface area contributed by atoms with E-state index in [4.69, 9.17) is 0 Å². The SMILES string of the molecule is Cn1cc(-c2c[nH+]c3[nH]ccc3n2)c2cc(OS(=O)(=O)C(F)(F)F)ccc21. The first-order valence-electron chi connectivity index (χ1n) is 7.62. The van der Waals surface area contributed by atoms with E-state index in [1.807, 2.05) is 0 Å². The third-order valence-corrected chi connectivity index (χ3v) is 5.02. The summed E-state index contributed by atoms with van der Waals surface area (Å²) >= 11 is 0. The molecule has 0 bridgehead atoms. The summed E-state index contributed by atoms with van der Waals surface area (Å²) in [6, 6.07) is 5.67. The van der Waals surface area contributed by atoms with Crippen LogP contribution >= 0.6 is 0 Å². The van der Waals surface area contributed by atoms with Crippen LogP contribution in [0, 0.1) is 0 Å². The van der Waals surface area contributed by atoms with Gasteiger partial charge in [-0.05, 0) is 18.2 Å². The van der Waals surface area contributed by atoms with Gasteiger partial charge in [-0.15, -0.1) is 0 Å². The van der Waals surface area contributed by atoms with Crippen molar-refractivity contribution >= 4 is 32.2 Å². The van der Waals surface area contributed by atoms with Gasteiger partial charge in [-0.1, -0.05) is 0 Å². The second-order valence-electron chi connectivity index (χ2n) is 5.84. The summed E-state index contributed by atoms with van der Waals surface area (Å²) in [6.07, 6.45) is 5.12. The van der Waals surface area contributed by atoms with Crippen molar-refractivity contribution in [2.24, 2.45) is 7.05 Å². The lowest BCUT2D eigenvalue weighted by Gasteiger charge is -2.09. The molecule has 3 aromatic heterocycles. The topological polar surface area (TPSA) is 91.1 Å². The predicted molar refractivity (Wildman–Crippen MR) is 90.2 cm³/mol. The molecule has 4 aromatic rings. The molecule has 0 aliphatic rings. The van der Waals surface area contributed by atoms with Crippen molar-refractivity contribution in [1.82, 2.24) is 14.5 Å². The van der Waals surface area contributed by atoms with E-state index < -0.39 is 21.4 Å². The lowest BCUT2D eigenvalue weighted by Crippen LogP contribution is -2.28. The van der Waals surface area contributed by atoms with Crippen molar-refractivity contribution in [3.63, 3.8) is 0 Å². The van der Waals surface area contributed by atoms with Gasteiger partial charge < -0.3 is 8.75 Å². The number of halogens is 3.